The minimum absolute atomic E-state index is 0.0527. The Bertz CT molecular complexity index is 553. The van der Waals surface area contributed by atoms with Crippen molar-refractivity contribution in [2.24, 2.45) is 0 Å². The maximum atomic E-state index is 12.2. The summed E-state index contributed by atoms with van der Waals surface area (Å²) in [7, 11) is 1.58. The molecule has 1 saturated heterocycles. The van der Waals surface area contributed by atoms with Crippen molar-refractivity contribution >= 4 is 5.91 Å². The van der Waals surface area contributed by atoms with Gasteiger partial charge in [-0.15, -0.1) is 0 Å². The molecule has 6 nitrogen and oxygen atoms in total. The van der Waals surface area contributed by atoms with E-state index < -0.39 is 0 Å². The highest BCUT2D eigenvalue weighted by Gasteiger charge is 2.31. The van der Waals surface area contributed by atoms with Gasteiger partial charge < -0.3 is 14.6 Å². The Morgan fingerprint density at radius 3 is 3.00 bits per heavy atom. The molecule has 0 bridgehead atoms. The molecule has 1 amide bonds. The first kappa shape index (κ1) is 15.7. The van der Waals surface area contributed by atoms with Crippen molar-refractivity contribution in [2.75, 3.05) is 20.3 Å². The highest BCUT2D eigenvalue weighted by atomic mass is 16.5. The zero-order valence-electron chi connectivity index (χ0n) is 12.9. The van der Waals surface area contributed by atoms with Crippen molar-refractivity contribution in [3.63, 3.8) is 0 Å². The molecule has 21 heavy (non-hydrogen) atoms. The second-order valence-corrected chi connectivity index (χ2v) is 5.70. The van der Waals surface area contributed by atoms with Gasteiger partial charge in [0.2, 0.25) is 5.91 Å². The van der Waals surface area contributed by atoms with Gasteiger partial charge in [-0.3, -0.25) is 9.59 Å². The fourth-order valence-electron chi connectivity index (χ4n) is 2.63. The number of nitrogens with zero attached hydrogens (tertiary/aromatic N) is 2. The van der Waals surface area contributed by atoms with E-state index in [-0.39, 0.29) is 23.4 Å². The number of carbonyl (C=O) groups is 1. The van der Waals surface area contributed by atoms with E-state index in [2.05, 4.69) is 9.97 Å². The second kappa shape index (κ2) is 6.85. The van der Waals surface area contributed by atoms with Crippen LogP contribution in [0.1, 0.15) is 56.6 Å². The monoisotopic (exact) mass is 293 g/mol. The lowest BCUT2D eigenvalue weighted by Crippen LogP contribution is -2.33. The second-order valence-electron chi connectivity index (χ2n) is 5.70. The predicted octanol–water partition coefficient (Wildman–Crippen LogP) is 1.59. The molecule has 1 aromatic heterocycles. The number of aromatic amines is 1. The fourth-order valence-corrected chi connectivity index (χ4v) is 2.63. The number of aromatic nitrogens is 2. The Morgan fingerprint density at radius 2 is 2.33 bits per heavy atom. The summed E-state index contributed by atoms with van der Waals surface area (Å²) in [5, 5.41) is 0. The molecule has 1 fully saturated rings. The molecule has 1 aliphatic rings. The Morgan fingerprint density at radius 1 is 1.57 bits per heavy atom. The molecule has 0 spiro atoms. The highest BCUT2D eigenvalue weighted by molar-refractivity contribution is 5.77. The zero-order chi connectivity index (χ0) is 15.4. The van der Waals surface area contributed by atoms with Crippen LogP contribution < -0.4 is 5.56 Å². The van der Waals surface area contributed by atoms with Crippen molar-refractivity contribution < 1.29 is 9.53 Å². The molecule has 1 aliphatic heterocycles. The summed E-state index contributed by atoms with van der Waals surface area (Å²) in [6.07, 6.45) is 2.13. The van der Waals surface area contributed by atoms with Crippen LogP contribution in [0.5, 0.6) is 0 Å². The third-order valence-electron chi connectivity index (χ3n) is 3.78. The van der Waals surface area contributed by atoms with Crippen LogP contribution >= 0.6 is 0 Å². The normalized spacial score (nSPS) is 18.5. The quantitative estimate of drug-likeness (QED) is 0.894. The Hall–Kier alpha value is -1.69. The van der Waals surface area contributed by atoms with Gasteiger partial charge >= 0.3 is 0 Å². The number of ether oxygens (including phenoxy) is 1. The van der Waals surface area contributed by atoms with E-state index >= 15 is 0 Å². The molecule has 2 heterocycles. The largest absolute Gasteiger partial charge is 0.384 e. The smallest absolute Gasteiger partial charge is 0.251 e. The first-order valence-corrected chi connectivity index (χ1v) is 7.42. The lowest BCUT2D eigenvalue weighted by atomic mass is 10.1. The van der Waals surface area contributed by atoms with Crippen LogP contribution in [-0.2, 0) is 9.53 Å². The maximum Gasteiger partial charge on any atom is 0.251 e. The molecule has 2 rings (SSSR count). The van der Waals surface area contributed by atoms with E-state index in [0.29, 0.717) is 25.4 Å². The van der Waals surface area contributed by atoms with Crippen LogP contribution in [0.15, 0.2) is 10.9 Å². The molecule has 0 unspecified atom stereocenters. The van der Waals surface area contributed by atoms with Crippen molar-refractivity contribution in [1.29, 1.82) is 0 Å². The summed E-state index contributed by atoms with van der Waals surface area (Å²) in [6.45, 7) is 5.13. The van der Waals surface area contributed by atoms with E-state index in [1.54, 1.807) is 12.0 Å². The van der Waals surface area contributed by atoms with Gasteiger partial charge in [0.25, 0.3) is 5.56 Å². The molecule has 0 saturated carbocycles. The number of nitrogens with one attached hydrogen (secondary N) is 1. The maximum absolute atomic E-state index is 12.2. The third-order valence-corrected chi connectivity index (χ3v) is 3.78. The van der Waals surface area contributed by atoms with Crippen molar-refractivity contribution in [2.45, 2.75) is 45.1 Å². The average molecular weight is 293 g/mol. The van der Waals surface area contributed by atoms with Gasteiger partial charge in [0.15, 0.2) is 0 Å². The van der Waals surface area contributed by atoms with E-state index in [0.717, 1.165) is 18.5 Å². The minimum Gasteiger partial charge on any atom is -0.384 e. The van der Waals surface area contributed by atoms with Crippen LogP contribution in [0.2, 0.25) is 0 Å². The minimum atomic E-state index is -0.153. The number of carbonyl (C=O) groups excluding carboxylic acids is 1. The molecule has 6 heteroatoms. The predicted molar refractivity (Wildman–Crippen MR) is 79.1 cm³/mol. The van der Waals surface area contributed by atoms with Crippen molar-refractivity contribution in [3.8, 4) is 0 Å². The summed E-state index contributed by atoms with van der Waals surface area (Å²) in [4.78, 5) is 33.2. The Kier molecular flexibility index (Phi) is 5.12. The van der Waals surface area contributed by atoms with Crippen LogP contribution in [0.3, 0.4) is 0 Å². The number of rotatable bonds is 5. The van der Waals surface area contributed by atoms with E-state index in [4.69, 9.17) is 4.74 Å². The molecule has 1 N–H and O–H groups in total. The summed E-state index contributed by atoms with van der Waals surface area (Å²) >= 11 is 0. The Labute approximate surface area is 124 Å². The van der Waals surface area contributed by atoms with Gasteiger partial charge in [0.1, 0.15) is 5.82 Å². The first-order valence-electron chi connectivity index (χ1n) is 7.42. The Balaban J connectivity index is 2.23. The number of hydrogen-bond donors (Lipinski definition) is 1. The van der Waals surface area contributed by atoms with Crippen molar-refractivity contribution in [1.82, 2.24) is 14.9 Å². The van der Waals surface area contributed by atoms with Gasteiger partial charge in [-0.05, 0) is 18.8 Å². The lowest BCUT2D eigenvalue weighted by molar-refractivity contribution is -0.133. The molecule has 116 valence electrons. The number of amides is 1. The number of hydrogen-bond acceptors (Lipinski definition) is 4. The lowest BCUT2D eigenvalue weighted by Gasteiger charge is -2.24. The van der Waals surface area contributed by atoms with Crippen LogP contribution in [0, 0.1) is 0 Å². The number of H-pyrrole nitrogens is 1. The van der Waals surface area contributed by atoms with E-state index in [9.17, 15) is 9.59 Å². The molecule has 0 radical (unpaired) electrons. The summed E-state index contributed by atoms with van der Waals surface area (Å²) in [6, 6.07) is 1.40. The number of likely N-dealkylation sites (tertiary alicyclic amines) is 1. The molecule has 1 atom stereocenters. The summed E-state index contributed by atoms with van der Waals surface area (Å²) in [5.41, 5.74) is 0.616. The van der Waals surface area contributed by atoms with Gasteiger partial charge in [-0.1, -0.05) is 13.8 Å². The number of methoxy groups -OCH3 is 1. The van der Waals surface area contributed by atoms with Gasteiger partial charge in [-0.2, -0.15) is 0 Å². The molecule has 0 aliphatic carbocycles. The van der Waals surface area contributed by atoms with Gasteiger partial charge in [-0.25, -0.2) is 4.98 Å². The van der Waals surface area contributed by atoms with E-state index in [1.807, 2.05) is 13.8 Å². The fraction of sp³-hybridized carbons (Fsp3) is 0.667. The molecule has 1 aromatic rings. The van der Waals surface area contributed by atoms with Crippen LogP contribution in [-0.4, -0.2) is 41.0 Å². The van der Waals surface area contributed by atoms with Gasteiger partial charge in [0.05, 0.1) is 24.8 Å². The SMILES string of the molecule is COCCC(=O)N1CCC[C@H]1c1nc(C(C)C)cc(=O)[nH]1. The highest BCUT2D eigenvalue weighted by Crippen LogP contribution is 2.30. The zero-order valence-corrected chi connectivity index (χ0v) is 12.9. The summed E-state index contributed by atoms with van der Waals surface area (Å²) in [5.74, 6) is 0.844. The molecule has 0 aromatic carbocycles. The van der Waals surface area contributed by atoms with Crippen LogP contribution in [0.25, 0.3) is 0 Å². The van der Waals surface area contributed by atoms with Crippen LogP contribution in [0.4, 0.5) is 0 Å². The van der Waals surface area contributed by atoms with Gasteiger partial charge in [0, 0.05) is 19.7 Å². The summed E-state index contributed by atoms with van der Waals surface area (Å²) < 4.78 is 4.96. The average Bonchev–Trinajstić information content (AvgIpc) is 2.93. The topological polar surface area (TPSA) is 75.3 Å². The molecular weight excluding hydrogens is 270 g/mol. The van der Waals surface area contributed by atoms with Crippen molar-refractivity contribution in [3.05, 3.63) is 27.9 Å². The standard InChI is InChI=1S/C15H23N3O3/c1-10(2)11-9-13(19)17-15(16-11)12-5-4-7-18(12)14(20)6-8-21-3/h9-10,12H,4-8H2,1-3H3,(H,16,17,19)/t12-/m0/s1. The molecular formula is C15H23N3O3. The first-order chi connectivity index (χ1) is 10.0. The third kappa shape index (κ3) is 3.69. The van der Waals surface area contributed by atoms with E-state index in [1.165, 1.54) is 6.07 Å².